The molecule has 0 unspecified atom stereocenters. The lowest BCUT2D eigenvalue weighted by molar-refractivity contribution is 0.0718. The number of methoxy groups -OCH3 is 1. The number of piperazine rings is 1. The number of nitrogens with zero attached hydrogens (tertiary/aromatic N) is 2. The molecule has 1 heterocycles. The lowest BCUT2D eigenvalue weighted by Crippen LogP contribution is -2.51. The highest BCUT2D eigenvalue weighted by atomic mass is 16.5. The summed E-state index contributed by atoms with van der Waals surface area (Å²) < 4.78 is 11.1. The van der Waals surface area contributed by atoms with Gasteiger partial charge in [0, 0.05) is 44.8 Å². The molecule has 0 radical (unpaired) electrons. The van der Waals surface area contributed by atoms with Crippen LogP contribution in [0, 0.1) is 0 Å². The van der Waals surface area contributed by atoms with Gasteiger partial charge in [0.1, 0.15) is 18.1 Å². The Labute approximate surface area is 140 Å². The summed E-state index contributed by atoms with van der Waals surface area (Å²) in [5, 5.41) is 0. The highest BCUT2D eigenvalue weighted by molar-refractivity contribution is 5.32. The molecule has 0 amide bonds. The molecule has 23 heavy (non-hydrogen) atoms. The van der Waals surface area contributed by atoms with Gasteiger partial charge in [-0.15, -0.1) is 0 Å². The first-order valence-electron chi connectivity index (χ1n) is 9.08. The zero-order valence-corrected chi connectivity index (χ0v) is 14.4. The third-order valence-electron chi connectivity index (χ3n) is 5.22. The van der Waals surface area contributed by atoms with Crippen molar-refractivity contribution in [2.24, 2.45) is 0 Å². The van der Waals surface area contributed by atoms with E-state index in [2.05, 4.69) is 9.80 Å². The van der Waals surface area contributed by atoms with Gasteiger partial charge in [-0.1, -0.05) is 25.3 Å². The zero-order chi connectivity index (χ0) is 15.9. The van der Waals surface area contributed by atoms with Crippen LogP contribution in [-0.4, -0.2) is 62.3 Å². The fraction of sp³-hybridized carbons (Fsp3) is 0.684. The summed E-state index contributed by atoms with van der Waals surface area (Å²) in [6.07, 6.45) is 7.13. The van der Waals surface area contributed by atoms with Gasteiger partial charge in [0.25, 0.3) is 0 Å². The Kier molecular flexibility index (Phi) is 6.17. The molecule has 2 fully saturated rings. The first-order valence-corrected chi connectivity index (χ1v) is 9.08. The first-order chi connectivity index (χ1) is 11.3. The third-order valence-corrected chi connectivity index (χ3v) is 5.22. The smallest absolute Gasteiger partial charge is 0.123 e. The molecular formula is C19H30N2O2. The predicted octanol–water partition coefficient (Wildman–Crippen LogP) is 3.02. The quantitative estimate of drug-likeness (QED) is 0.805. The van der Waals surface area contributed by atoms with Crippen LogP contribution >= 0.6 is 0 Å². The van der Waals surface area contributed by atoms with E-state index in [-0.39, 0.29) is 0 Å². The van der Waals surface area contributed by atoms with Crippen molar-refractivity contribution in [1.29, 1.82) is 0 Å². The Morgan fingerprint density at radius 2 is 1.74 bits per heavy atom. The van der Waals surface area contributed by atoms with Crippen LogP contribution in [0.1, 0.15) is 32.1 Å². The molecule has 1 aromatic carbocycles. The summed E-state index contributed by atoms with van der Waals surface area (Å²) in [7, 11) is 1.69. The molecule has 0 atom stereocenters. The molecule has 1 aromatic rings. The normalized spacial score (nSPS) is 21.3. The topological polar surface area (TPSA) is 24.9 Å². The summed E-state index contributed by atoms with van der Waals surface area (Å²) in [4.78, 5) is 5.25. The van der Waals surface area contributed by atoms with Gasteiger partial charge in [-0.05, 0) is 25.0 Å². The molecule has 0 bridgehead atoms. The van der Waals surface area contributed by atoms with Crippen molar-refractivity contribution in [3.8, 4) is 11.5 Å². The molecule has 4 nitrogen and oxygen atoms in total. The maximum atomic E-state index is 5.86. The van der Waals surface area contributed by atoms with Crippen molar-refractivity contribution in [1.82, 2.24) is 9.80 Å². The van der Waals surface area contributed by atoms with Gasteiger partial charge < -0.3 is 9.47 Å². The minimum atomic E-state index is 0.747. The standard InChI is InChI=1S/C19H30N2O2/c1-22-18-8-5-9-19(16-18)23-15-14-20-10-12-21(13-11-20)17-6-3-2-4-7-17/h5,8-9,16-17H,2-4,6-7,10-15H2,1H3. The van der Waals surface area contributed by atoms with Gasteiger partial charge in [-0.25, -0.2) is 0 Å². The SMILES string of the molecule is COc1cccc(OCCN2CCN(C3CCCCC3)CC2)c1. The Hall–Kier alpha value is -1.26. The van der Waals surface area contributed by atoms with Gasteiger partial charge in [-0.3, -0.25) is 9.80 Å². The number of ether oxygens (including phenoxy) is 2. The zero-order valence-electron chi connectivity index (χ0n) is 14.4. The molecule has 4 heteroatoms. The average molecular weight is 318 g/mol. The van der Waals surface area contributed by atoms with Crippen LogP contribution in [0.3, 0.4) is 0 Å². The van der Waals surface area contributed by atoms with E-state index in [1.54, 1.807) is 7.11 Å². The molecule has 3 rings (SSSR count). The van der Waals surface area contributed by atoms with E-state index in [4.69, 9.17) is 9.47 Å². The Morgan fingerprint density at radius 3 is 2.48 bits per heavy atom. The van der Waals surface area contributed by atoms with Crippen LogP contribution in [0.2, 0.25) is 0 Å². The average Bonchev–Trinajstić information content (AvgIpc) is 2.63. The predicted molar refractivity (Wildman–Crippen MR) is 93.4 cm³/mol. The van der Waals surface area contributed by atoms with Crippen LogP contribution in [-0.2, 0) is 0 Å². The molecule has 0 spiro atoms. The lowest BCUT2D eigenvalue weighted by atomic mass is 9.94. The van der Waals surface area contributed by atoms with Crippen LogP contribution in [0.25, 0.3) is 0 Å². The fourth-order valence-corrected chi connectivity index (χ4v) is 3.78. The van der Waals surface area contributed by atoms with Gasteiger partial charge in [0.05, 0.1) is 7.11 Å². The van der Waals surface area contributed by atoms with Crippen LogP contribution in [0.4, 0.5) is 0 Å². The number of benzene rings is 1. The highest BCUT2D eigenvalue weighted by Gasteiger charge is 2.24. The maximum absolute atomic E-state index is 5.86. The van der Waals surface area contributed by atoms with Crippen LogP contribution in [0.5, 0.6) is 11.5 Å². The van der Waals surface area contributed by atoms with Crippen molar-refractivity contribution >= 4 is 0 Å². The molecule has 0 N–H and O–H groups in total. The minimum Gasteiger partial charge on any atom is -0.497 e. The molecule has 128 valence electrons. The molecule has 2 aliphatic rings. The monoisotopic (exact) mass is 318 g/mol. The second-order valence-corrected chi connectivity index (χ2v) is 6.70. The van der Waals surface area contributed by atoms with E-state index in [0.29, 0.717) is 0 Å². The molecule has 1 aliphatic heterocycles. The summed E-state index contributed by atoms with van der Waals surface area (Å²) in [6.45, 7) is 6.57. The third kappa shape index (κ3) is 4.85. The molecule has 1 saturated carbocycles. The summed E-state index contributed by atoms with van der Waals surface area (Å²) >= 11 is 0. The van der Waals surface area contributed by atoms with Crippen molar-refractivity contribution in [3.05, 3.63) is 24.3 Å². The van der Waals surface area contributed by atoms with E-state index in [1.165, 1.54) is 58.3 Å². The molecule has 1 aliphatic carbocycles. The lowest BCUT2D eigenvalue weighted by Gasteiger charge is -2.40. The van der Waals surface area contributed by atoms with Crippen LogP contribution < -0.4 is 9.47 Å². The van der Waals surface area contributed by atoms with Crippen molar-refractivity contribution in [3.63, 3.8) is 0 Å². The van der Waals surface area contributed by atoms with Crippen molar-refractivity contribution in [2.75, 3.05) is 46.4 Å². The second-order valence-electron chi connectivity index (χ2n) is 6.70. The highest BCUT2D eigenvalue weighted by Crippen LogP contribution is 2.23. The Balaban J connectivity index is 1.35. The van der Waals surface area contributed by atoms with E-state index < -0.39 is 0 Å². The largest absolute Gasteiger partial charge is 0.497 e. The Bertz CT molecular complexity index is 466. The molecule has 0 aromatic heterocycles. The number of hydrogen-bond donors (Lipinski definition) is 0. The van der Waals surface area contributed by atoms with Crippen LogP contribution in [0.15, 0.2) is 24.3 Å². The number of hydrogen-bond acceptors (Lipinski definition) is 4. The molecular weight excluding hydrogens is 288 g/mol. The summed E-state index contributed by atoms with van der Waals surface area (Å²) in [5.74, 6) is 1.74. The fourth-order valence-electron chi connectivity index (χ4n) is 3.78. The van der Waals surface area contributed by atoms with Gasteiger partial charge in [0.15, 0.2) is 0 Å². The summed E-state index contributed by atoms with van der Waals surface area (Å²) in [5.41, 5.74) is 0. The molecule has 1 saturated heterocycles. The minimum absolute atomic E-state index is 0.747. The van der Waals surface area contributed by atoms with E-state index in [0.717, 1.165) is 30.7 Å². The van der Waals surface area contributed by atoms with E-state index in [1.807, 2.05) is 24.3 Å². The second kappa shape index (κ2) is 8.55. The van der Waals surface area contributed by atoms with E-state index in [9.17, 15) is 0 Å². The van der Waals surface area contributed by atoms with Gasteiger partial charge in [0.2, 0.25) is 0 Å². The first kappa shape index (κ1) is 16.6. The van der Waals surface area contributed by atoms with Crippen molar-refractivity contribution < 1.29 is 9.47 Å². The summed E-state index contributed by atoms with van der Waals surface area (Å²) in [6, 6.07) is 8.71. The maximum Gasteiger partial charge on any atom is 0.123 e. The van der Waals surface area contributed by atoms with Gasteiger partial charge >= 0.3 is 0 Å². The Morgan fingerprint density at radius 1 is 1.00 bits per heavy atom. The van der Waals surface area contributed by atoms with Crippen molar-refractivity contribution in [2.45, 2.75) is 38.1 Å². The van der Waals surface area contributed by atoms with E-state index >= 15 is 0 Å². The van der Waals surface area contributed by atoms with Gasteiger partial charge in [-0.2, -0.15) is 0 Å². The number of rotatable bonds is 6.